The average molecular weight is 315 g/mol. The smallest absolute Gasteiger partial charge is 0.442 e. The van der Waals surface area contributed by atoms with E-state index in [4.69, 9.17) is 4.42 Å². The van der Waals surface area contributed by atoms with Crippen molar-refractivity contribution in [1.29, 1.82) is 0 Å². The van der Waals surface area contributed by atoms with Crippen LogP contribution in [0.15, 0.2) is 52.9 Å². The van der Waals surface area contributed by atoms with Gasteiger partial charge < -0.3 is 8.97 Å². The molecule has 1 heterocycles. The summed E-state index contributed by atoms with van der Waals surface area (Å²) in [5.74, 6) is 0.138. The Bertz CT molecular complexity index is 827. The third-order valence-corrected chi connectivity index (χ3v) is 4.07. The van der Waals surface area contributed by atoms with Gasteiger partial charge in [-0.05, 0) is 17.7 Å². The summed E-state index contributed by atoms with van der Waals surface area (Å²) in [6.45, 7) is 0. The summed E-state index contributed by atoms with van der Waals surface area (Å²) >= 11 is -0.977. The number of nitro groups is 1. The van der Waals surface area contributed by atoms with Crippen molar-refractivity contribution in [3.63, 3.8) is 0 Å². The molecule has 0 saturated carbocycles. The van der Waals surface area contributed by atoms with Gasteiger partial charge in [0.1, 0.15) is 21.8 Å². The van der Waals surface area contributed by atoms with Crippen molar-refractivity contribution < 1.29 is 13.9 Å². The fourth-order valence-corrected chi connectivity index (χ4v) is 3.12. The molecular weight excluding hydrogens is 302 g/mol. The van der Waals surface area contributed by atoms with E-state index in [1.165, 1.54) is 0 Å². The van der Waals surface area contributed by atoms with Crippen molar-refractivity contribution in [3.05, 3.63) is 64.2 Å². The van der Waals surface area contributed by atoms with Crippen LogP contribution in [-0.4, -0.2) is 15.7 Å². The van der Waals surface area contributed by atoms with E-state index in [1.807, 2.05) is 36.4 Å². The van der Waals surface area contributed by atoms with Crippen LogP contribution >= 0.6 is 0 Å². The van der Waals surface area contributed by atoms with Gasteiger partial charge in [0.25, 0.3) is 0 Å². The summed E-state index contributed by atoms with van der Waals surface area (Å²) in [7, 11) is 0. The third kappa shape index (κ3) is 2.70. The average Bonchev–Trinajstić information content (AvgIpc) is 2.86. The topological polar surface area (TPSA) is 79.3 Å². The first kappa shape index (κ1) is 14.6. The molecule has 1 unspecified atom stereocenters. The molecule has 0 saturated heterocycles. The molecule has 22 heavy (non-hydrogen) atoms. The molecule has 0 spiro atoms. The minimum atomic E-state index is -0.977. The molecule has 0 bridgehead atoms. The zero-order valence-corrected chi connectivity index (χ0v) is 12.6. The number of hydrogen-bond acceptors (Lipinski definition) is 4. The Labute approximate surface area is 129 Å². The molecule has 2 aromatic carbocycles. The van der Waals surface area contributed by atoms with E-state index >= 15 is 0 Å². The van der Waals surface area contributed by atoms with Gasteiger partial charge in [0.2, 0.25) is 0 Å². The second kappa shape index (κ2) is 5.82. The van der Waals surface area contributed by atoms with Crippen molar-refractivity contribution in [1.82, 2.24) is 0 Å². The van der Waals surface area contributed by atoms with Gasteiger partial charge in [-0.25, -0.2) is 0 Å². The molecule has 0 fully saturated rings. The zero-order chi connectivity index (χ0) is 15.7. The molecule has 0 radical (unpaired) electrons. The van der Waals surface area contributed by atoms with Gasteiger partial charge >= 0.3 is 5.88 Å². The monoisotopic (exact) mass is 315 g/mol. The minimum absolute atomic E-state index is 0.268. The lowest BCUT2D eigenvalue weighted by molar-refractivity contribution is -0.400. The van der Waals surface area contributed by atoms with Crippen LogP contribution in [-0.2, 0) is 16.9 Å². The predicted molar refractivity (Wildman–Crippen MR) is 86.1 cm³/mol. The first-order valence-corrected chi connectivity index (χ1v) is 8.34. The first-order valence-electron chi connectivity index (χ1n) is 6.61. The van der Waals surface area contributed by atoms with Crippen molar-refractivity contribution >= 4 is 28.0 Å². The van der Waals surface area contributed by atoms with Crippen LogP contribution < -0.4 is 0 Å². The van der Waals surface area contributed by atoms with E-state index in [1.54, 1.807) is 18.4 Å². The molecule has 0 aliphatic carbocycles. The Hall–Kier alpha value is -2.31. The summed E-state index contributed by atoms with van der Waals surface area (Å²) in [5.41, 5.74) is 2.50. The highest BCUT2D eigenvalue weighted by Gasteiger charge is 2.25. The molecule has 0 amide bonds. The third-order valence-electron chi connectivity index (χ3n) is 3.33. The quantitative estimate of drug-likeness (QED) is 0.415. The highest BCUT2D eigenvalue weighted by atomic mass is 32.2. The molecular formula is C16H13NO4S. The standard InChI is InChI=1S/C16H13NO4S/c1-22(20)10-11-7-8-14-13(9-11)15(16(21-14)17(18)19)12-5-3-2-4-6-12/h2-9H,10H2,1H3. The zero-order valence-electron chi connectivity index (χ0n) is 11.8. The molecule has 0 aliphatic rings. The number of benzene rings is 2. The van der Waals surface area contributed by atoms with E-state index in [9.17, 15) is 14.7 Å². The van der Waals surface area contributed by atoms with Gasteiger partial charge in [-0.2, -0.15) is 0 Å². The maximum Gasteiger partial charge on any atom is 0.442 e. The van der Waals surface area contributed by atoms with Crippen LogP contribution in [0, 0.1) is 10.1 Å². The molecule has 5 nitrogen and oxygen atoms in total. The number of rotatable bonds is 4. The summed E-state index contributed by atoms with van der Waals surface area (Å²) < 4.78 is 16.8. The second-order valence-corrected chi connectivity index (χ2v) is 6.39. The van der Waals surface area contributed by atoms with Crippen molar-refractivity contribution in [2.24, 2.45) is 0 Å². The Morgan fingerprint density at radius 1 is 1.18 bits per heavy atom. The lowest BCUT2D eigenvalue weighted by atomic mass is 10.0. The van der Waals surface area contributed by atoms with Crippen molar-refractivity contribution in [2.45, 2.75) is 5.75 Å². The number of fused-ring (bicyclic) bond motifs is 1. The number of nitrogens with zero attached hydrogens (tertiary/aromatic N) is 1. The normalized spacial score (nSPS) is 12.5. The van der Waals surface area contributed by atoms with Crippen molar-refractivity contribution in [3.8, 4) is 11.1 Å². The molecule has 6 heteroatoms. The fourth-order valence-electron chi connectivity index (χ4n) is 2.47. The van der Waals surface area contributed by atoms with Gasteiger partial charge in [0.05, 0.1) is 6.26 Å². The minimum Gasteiger partial charge on any atom is -0.616 e. The molecule has 3 rings (SSSR count). The first-order chi connectivity index (χ1) is 10.6. The highest BCUT2D eigenvalue weighted by molar-refractivity contribution is 7.89. The molecule has 3 aromatic rings. The number of furan rings is 1. The van der Waals surface area contributed by atoms with Gasteiger partial charge in [0, 0.05) is 10.9 Å². The van der Waals surface area contributed by atoms with Crippen LogP contribution in [0.1, 0.15) is 5.56 Å². The molecule has 0 aliphatic heterocycles. The maximum atomic E-state index is 11.4. The van der Waals surface area contributed by atoms with Crippen LogP contribution in [0.4, 0.5) is 5.88 Å². The van der Waals surface area contributed by atoms with Crippen LogP contribution in [0.25, 0.3) is 22.1 Å². The lowest BCUT2D eigenvalue weighted by Crippen LogP contribution is -2.00. The summed E-state index contributed by atoms with van der Waals surface area (Å²) in [6.07, 6.45) is 1.63. The Morgan fingerprint density at radius 3 is 2.55 bits per heavy atom. The van der Waals surface area contributed by atoms with E-state index < -0.39 is 16.1 Å². The number of hydrogen-bond donors (Lipinski definition) is 0. The summed E-state index contributed by atoms with van der Waals surface area (Å²) in [5, 5.41) is 12.0. The van der Waals surface area contributed by atoms with E-state index in [-0.39, 0.29) is 5.88 Å². The van der Waals surface area contributed by atoms with Crippen LogP contribution in [0.5, 0.6) is 0 Å². The molecule has 1 atom stereocenters. The van der Waals surface area contributed by atoms with Gasteiger partial charge in [-0.15, -0.1) is 0 Å². The Morgan fingerprint density at radius 2 is 1.91 bits per heavy atom. The largest absolute Gasteiger partial charge is 0.616 e. The van der Waals surface area contributed by atoms with Crippen LogP contribution in [0.3, 0.4) is 0 Å². The van der Waals surface area contributed by atoms with E-state index in [0.29, 0.717) is 22.3 Å². The fraction of sp³-hybridized carbons (Fsp3) is 0.125. The van der Waals surface area contributed by atoms with E-state index in [2.05, 4.69) is 0 Å². The SMILES string of the molecule is C[S+]([O-])Cc1ccc2oc([N+](=O)[O-])c(-c3ccccc3)c2c1. The van der Waals surface area contributed by atoms with Crippen molar-refractivity contribution in [2.75, 3.05) is 6.26 Å². The van der Waals surface area contributed by atoms with Gasteiger partial charge in [-0.3, -0.25) is 10.1 Å². The van der Waals surface area contributed by atoms with E-state index in [0.717, 1.165) is 11.1 Å². The predicted octanol–water partition coefficient (Wildman–Crippen LogP) is 3.89. The summed E-state index contributed by atoms with van der Waals surface area (Å²) in [4.78, 5) is 10.8. The molecule has 1 aromatic heterocycles. The maximum absolute atomic E-state index is 11.4. The van der Waals surface area contributed by atoms with Crippen LogP contribution in [0.2, 0.25) is 0 Å². The molecule has 112 valence electrons. The van der Waals surface area contributed by atoms with Gasteiger partial charge in [-0.1, -0.05) is 47.6 Å². The van der Waals surface area contributed by atoms with Gasteiger partial charge in [0.15, 0.2) is 0 Å². The highest BCUT2D eigenvalue weighted by Crippen LogP contribution is 2.40. The lowest BCUT2D eigenvalue weighted by Gasteiger charge is -2.05. The summed E-state index contributed by atoms with van der Waals surface area (Å²) in [6, 6.07) is 14.4. The Balaban J connectivity index is 2.25. The Kier molecular flexibility index (Phi) is 3.87. The molecule has 0 N–H and O–H groups in total. The second-order valence-electron chi connectivity index (χ2n) is 4.95.